The van der Waals surface area contributed by atoms with E-state index in [1.165, 1.54) is 62.1 Å². The third-order valence-corrected chi connectivity index (χ3v) is 8.57. The summed E-state index contributed by atoms with van der Waals surface area (Å²) in [5.74, 6) is -1.07. The van der Waals surface area contributed by atoms with E-state index in [-0.39, 0.29) is 10.6 Å². The van der Waals surface area contributed by atoms with Gasteiger partial charge in [0.1, 0.15) is 6.10 Å². The van der Waals surface area contributed by atoms with Gasteiger partial charge in [0.15, 0.2) is 31.4 Å². The summed E-state index contributed by atoms with van der Waals surface area (Å²) >= 11 is 5.45. The summed E-state index contributed by atoms with van der Waals surface area (Å²) in [7, 11) is 2.60. The van der Waals surface area contributed by atoms with Crippen molar-refractivity contribution in [3.63, 3.8) is 0 Å². The van der Waals surface area contributed by atoms with Gasteiger partial charge in [0.25, 0.3) is 0 Å². The average Bonchev–Trinajstić information content (AvgIpc) is 3.67. The van der Waals surface area contributed by atoms with Crippen LogP contribution in [0.3, 0.4) is 0 Å². The number of hydrogen-bond donors (Lipinski definition) is 2. The highest BCUT2D eigenvalue weighted by Crippen LogP contribution is 2.37. The molecule has 4 heterocycles. The van der Waals surface area contributed by atoms with Gasteiger partial charge in [0.2, 0.25) is 0 Å². The number of methoxy groups -OCH3 is 2. The number of carbonyl (C=O) groups is 2. The number of aliphatic hydroxyl groups excluding tert-OH is 1. The van der Waals surface area contributed by atoms with Crippen molar-refractivity contribution >= 4 is 63.4 Å². The van der Waals surface area contributed by atoms with Crippen molar-refractivity contribution in [1.29, 1.82) is 0 Å². The lowest BCUT2D eigenvalue weighted by atomic mass is 10.00. The monoisotopic (exact) mass is 594 g/mol. The second-order valence-electron chi connectivity index (χ2n) is 8.40. The summed E-state index contributed by atoms with van der Waals surface area (Å²) < 4.78 is 9.41. The van der Waals surface area contributed by atoms with Crippen molar-refractivity contribution in [2.45, 2.75) is 39.4 Å². The van der Waals surface area contributed by atoms with E-state index in [2.05, 4.69) is 24.7 Å². The van der Waals surface area contributed by atoms with Crippen LogP contribution in [0.1, 0.15) is 64.5 Å². The highest BCUT2D eigenvalue weighted by molar-refractivity contribution is 7.21. The second-order valence-corrected chi connectivity index (χ2v) is 12.2. The van der Waals surface area contributed by atoms with E-state index in [1.807, 2.05) is 25.3 Å². The molecule has 0 aliphatic carbocycles. The first-order chi connectivity index (χ1) is 18.0. The zero-order valence-electron chi connectivity index (χ0n) is 21.4. The van der Waals surface area contributed by atoms with E-state index in [1.54, 1.807) is 17.8 Å². The van der Waals surface area contributed by atoms with Crippen LogP contribution in [0.25, 0.3) is 26.1 Å². The van der Waals surface area contributed by atoms with E-state index in [0.717, 1.165) is 31.8 Å². The minimum atomic E-state index is -1.39. The summed E-state index contributed by atoms with van der Waals surface area (Å²) in [5, 5.41) is 26.5. The molecule has 0 aliphatic heterocycles. The second kappa shape index (κ2) is 12.8. The molecule has 38 heavy (non-hydrogen) atoms. The van der Waals surface area contributed by atoms with Gasteiger partial charge in [0.05, 0.1) is 29.6 Å². The van der Waals surface area contributed by atoms with Gasteiger partial charge in [-0.05, 0) is 33.8 Å². The molecule has 0 aromatic carbocycles. The van der Waals surface area contributed by atoms with E-state index < -0.39 is 23.6 Å². The number of thiazole rings is 4. The van der Waals surface area contributed by atoms with Crippen LogP contribution >= 0.6 is 45.3 Å². The Labute approximate surface area is 235 Å². The van der Waals surface area contributed by atoms with Crippen LogP contribution < -0.4 is 0 Å². The number of aromatic nitrogens is 4. The number of carbonyl (C=O) groups excluding carboxylic acids is 2. The van der Waals surface area contributed by atoms with Crippen LogP contribution in [0.5, 0.6) is 0 Å². The van der Waals surface area contributed by atoms with Gasteiger partial charge >= 0.3 is 11.9 Å². The summed E-state index contributed by atoms with van der Waals surface area (Å²) in [6.45, 7) is 6.87. The van der Waals surface area contributed by atoms with Crippen LogP contribution in [-0.4, -0.2) is 61.9 Å². The molecule has 2 N–H and O–H groups in total. The van der Waals surface area contributed by atoms with Gasteiger partial charge in [-0.3, -0.25) is 0 Å². The molecule has 0 radical (unpaired) electrons. The standard InChI is InChI=1S/C12H14N2O4S2.C12H12N2O2S2/c1-12(2,17)8(15)7-6(11(16)18-3)14-10(20-7)9-13-4-5-19-9;1-7(2)6-8-9(12(15)16-3)14-11(18-8)10-13-4-5-17-10/h4-5,8,15,17H,1-3H3;4-6H,1-3H3. The van der Waals surface area contributed by atoms with E-state index in [9.17, 15) is 19.8 Å². The van der Waals surface area contributed by atoms with Gasteiger partial charge in [0, 0.05) is 23.2 Å². The lowest BCUT2D eigenvalue weighted by Gasteiger charge is -2.23. The van der Waals surface area contributed by atoms with Gasteiger partial charge in [-0.15, -0.1) is 45.3 Å². The molecular formula is C24H26N4O6S4. The van der Waals surface area contributed by atoms with Crippen molar-refractivity contribution in [2.75, 3.05) is 14.2 Å². The Morgan fingerprint density at radius 2 is 1.39 bits per heavy atom. The number of nitrogens with zero attached hydrogens (tertiary/aromatic N) is 4. The Morgan fingerprint density at radius 3 is 1.84 bits per heavy atom. The molecule has 4 rings (SSSR count). The zero-order valence-corrected chi connectivity index (χ0v) is 24.7. The Balaban J connectivity index is 0.000000212. The number of rotatable bonds is 7. The van der Waals surface area contributed by atoms with Crippen molar-refractivity contribution in [3.05, 3.63) is 49.9 Å². The summed E-state index contributed by atoms with van der Waals surface area (Å²) in [5.41, 5.74) is 0.0795. The van der Waals surface area contributed by atoms with Crippen LogP contribution in [-0.2, 0) is 9.47 Å². The van der Waals surface area contributed by atoms with Crippen LogP contribution in [0.4, 0.5) is 0 Å². The van der Waals surface area contributed by atoms with Gasteiger partial charge in [-0.2, -0.15) is 0 Å². The fraction of sp³-hybridized carbons (Fsp3) is 0.333. The number of allylic oxidation sites excluding steroid dienone is 1. The SMILES string of the molecule is COC(=O)c1nc(-c2nccs2)sc1C(O)C(C)(C)O.COC(=O)c1nc(-c2nccs2)sc1C=C(C)C. The molecule has 0 saturated heterocycles. The van der Waals surface area contributed by atoms with Crippen molar-refractivity contribution < 1.29 is 29.3 Å². The molecule has 14 heteroatoms. The topological polar surface area (TPSA) is 145 Å². The smallest absolute Gasteiger partial charge is 0.358 e. The quantitative estimate of drug-likeness (QED) is 0.269. The molecule has 202 valence electrons. The van der Waals surface area contributed by atoms with Crippen molar-refractivity contribution in [3.8, 4) is 20.0 Å². The normalized spacial score (nSPS) is 11.8. The maximum atomic E-state index is 11.8. The zero-order chi connectivity index (χ0) is 28.0. The van der Waals surface area contributed by atoms with Gasteiger partial charge in [-0.1, -0.05) is 5.57 Å². The molecule has 10 nitrogen and oxygen atoms in total. The lowest BCUT2D eigenvalue weighted by molar-refractivity contribution is -0.0483. The first-order valence-electron chi connectivity index (χ1n) is 11.0. The molecule has 4 aromatic heterocycles. The molecule has 0 saturated carbocycles. The Bertz CT molecular complexity index is 1400. The first-order valence-corrected chi connectivity index (χ1v) is 14.4. The lowest BCUT2D eigenvalue weighted by Crippen LogP contribution is -2.29. The molecule has 0 spiro atoms. The number of ether oxygens (including phenoxy) is 2. The maximum absolute atomic E-state index is 11.8. The highest BCUT2D eigenvalue weighted by Gasteiger charge is 2.34. The Morgan fingerprint density at radius 1 is 0.895 bits per heavy atom. The maximum Gasteiger partial charge on any atom is 0.358 e. The molecule has 1 atom stereocenters. The summed E-state index contributed by atoms with van der Waals surface area (Å²) in [4.78, 5) is 41.3. The van der Waals surface area contributed by atoms with Crippen molar-refractivity contribution in [1.82, 2.24) is 19.9 Å². The molecule has 1 unspecified atom stereocenters. The van der Waals surface area contributed by atoms with Crippen LogP contribution in [0.15, 0.2) is 28.7 Å². The molecule has 4 aromatic rings. The molecular weight excluding hydrogens is 569 g/mol. The molecule has 0 amide bonds. The third-order valence-electron chi connectivity index (χ3n) is 4.63. The Kier molecular flexibility index (Phi) is 9.98. The minimum absolute atomic E-state index is 0.0114. The number of hydrogen-bond acceptors (Lipinski definition) is 14. The fourth-order valence-electron chi connectivity index (χ4n) is 2.86. The van der Waals surface area contributed by atoms with Gasteiger partial charge in [-0.25, -0.2) is 29.5 Å². The summed E-state index contributed by atoms with van der Waals surface area (Å²) in [6, 6.07) is 0. The molecule has 0 fully saturated rings. The predicted octanol–water partition coefficient (Wildman–Crippen LogP) is 5.33. The first kappa shape index (κ1) is 29.7. The summed E-state index contributed by atoms with van der Waals surface area (Å²) in [6.07, 6.45) is 4.05. The largest absolute Gasteiger partial charge is 0.464 e. The third kappa shape index (κ3) is 7.15. The van der Waals surface area contributed by atoms with Gasteiger partial charge < -0.3 is 19.7 Å². The van der Waals surface area contributed by atoms with Crippen LogP contribution in [0, 0.1) is 0 Å². The number of aliphatic hydroxyl groups is 2. The van der Waals surface area contributed by atoms with E-state index in [0.29, 0.717) is 15.7 Å². The average molecular weight is 595 g/mol. The molecule has 0 bridgehead atoms. The number of esters is 2. The van der Waals surface area contributed by atoms with Crippen LogP contribution in [0.2, 0.25) is 0 Å². The van der Waals surface area contributed by atoms with Crippen molar-refractivity contribution in [2.24, 2.45) is 0 Å². The fourth-order valence-corrected chi connectivity index (χ4v) is 6.55. The molecule has 0 aliphatic rings. The Hall–Kier alpha value is -2.88. The van der Waals surface area contributed by atoms with E-state index in [4.69, 9.17) is 4.74 Å². The highest BCUT2D eigenvalue weighted by atomic mass is 32.1. The minimum Gasteiger partial charge on any atom is -0.464 e. The predicted molar refractivity (Wildman–Crippen MR) is 150 cm³/mol. The van der Waals surface area contributed by atoms with E-state index >= 15 is 0 Å².